The van der Waals surface area contributed by atoms with Crippen LogP contribution in [0.2, 0.25) is 0 Å². The molecule has 2 amide bonds. The number of amides is 2. The van der Waals surface area contributed by atoms with Gasteiger partial charge < -0.3 is 15.0 Å². The van der Waals surface area contributed by atoms with E-state index in [1.54, 1.807) is 4.90 Å². The van der Waals surface area contributed by atoms with Crippen LogP contribution in [-0.4, -0.2) is 40.4 Å². The van der Waals surface area contributed by atoms with E-state index < -0.39 is 35.0 Å². The predicted octanol–water partition coefficient (Wildman–Crippen LogP) is 3.43. The Hall–Kier alpha value is -2.88. The van der Waals surface area contributed by atoms with Crippen molar-refractivity contribution in [1.29, 1.82) is 5.26 Å². The number of hydrogen-bond donors (Lipinski definition) is 1. The Labute approximate surface area is 195 Å². The monoisotopic (exact) mass is 451 g/mol. The summed E-state index contributed by atoms with van der Waals surface area (Å²) >= 11 is 0. The molecule has 0 radical (unpaired) electrons. The second kappa shape index (κ2) is 8.81. The number of nitriles is 1. The normalized spacial score (nSPS) is 25.9. The highest BCUT2D eigenvalue weighted by Gasteiger charge is 2.49. The second-order valence-corrected chi connectivity index (χ2v) is 10.6. The van der Waals surface area contributed by atoms with Crippen molar-refractivity contribution in [2.75, 3.05) is 6.54 Å². The second-order valence-electron chi connectivity index (χ2n) is 10.6. The number of ether oxygens (including phenoxy) is 1. The van der Waals surface area contributed by atoms with Gasteiger partial charge in [0.1, 0.15) is 11.1 Å². The van der Waals surface area contributed by atoms with Crippen molar-refractivity contribution < 1.29 is 19.1 Å². The highest BCUT2D eigenvalue weighted by molar-refractivity contribution is 5.92. The molecule has 1 heterocycles. The summed E-state index contributed by atoms with van der Waals surface area (Å²) in [4.78, 5) is 41.9. The summed E-state index contributed by atoms with van der Waals surface area (Å²) in [5.41, 5.74) is 0.400. The lowest BCUT2D eigenvalue weighted by Gasteiger charge is -2.41. The van der Waals surface area contributed by atoms with Gasteiger partial charge >= 0.3 is 5.97 Å². The number of rotatable bonds is 4. The van der Waals surface area contributed by atoms with E-state index in [0.717, 1.165) is 24.0 Å². The molecule has 1 aliphatic heterocycles. The number of esters is 1. The van der Waals surface area contributed by atoms with Crippen LogP contribution in [0.5, 0.6) is 0 Å². The first-order valence-corrected chi connectivity index (χ1v) is 12.0. The van der Waals surface area contributed by atoms with Crippen molar-refractivity contribution >= 4 is 17.8 Å². The molecule has 176 valence electrons. The van der Waals surface area contributed by atoms with E-state index in [1.807, 2.05) is 45.0 Å². The van der Waals surface area contributed by atoms with Gasteiger partial charge in [-0.1, -0.05) is 37.1 Å². The minimum absolute atomic E-state index is 0.165. The summed E-state index contributed by atoms with van der Waals surface area (Å²) in [5.74, 6) is -1.79. The molecule has 7 heteroatoms. The molecule has 0 spiro atoms. The fourth-order valence-electron chi connectivity index (χ4n) is 5.09. The molecule has 1 aromatic rings. The van der Waals surface area contributed by atoms with E-state index >= 15 is 0 Å². The molecule has 4 rings (SSSR count). The van der Waals surface area contributed by atoms with Crippen molar-refractivity contribution in [1.82, 2.24) is 10.2 Å². The van der Waals surface area contributed by atoms with Gasteiger partial charge in [-0.25, -0.2) is 4.79 Å². The third-order valence-electron chi connectivity index (χ3n) is 6.94. The average Bonchev–Trinajstić information content (AvgIpc) is 3.56. The first-order valence-electron chi connectivity index (χ1n) is 12.0. The highest BCUT2D eigenvalue weighted by atomic mass is 16.6. The minimum atomic E-state index is -0.818. The van der Waals surface area contributed by atoms with E-state index in [9.17, 15) is 19.6 Å². The fraction of sp³-hybridized carbons (Fsp3) is 0.615. The number of nitrogens with zero attached hydrogens (tertiary/aromatic N) is 2. The van der Waals surface area contributed by atoms with Crippen LogP contribution in [0.1, 0.15) is 76.5 Å². The van der Waals surface area contributed by atoms with Crippen molar-refractivity contribution in [3.05, 3.63) is 35.4 Å². The van der Waals surface area contributed by atoms with E-state index in [-0.39, 0.29) is 11.8 Å². The van der Waals surface area contributed by atoms with Gasteiger partial charge in [0.05, 0.1) is 6.07 Å². The summed E-state index contributed by atoms with van der Waals surface area (Å²) in [6.07, 6.45) is 4.93. The molecule has 3 aliphatic rings. The molecule has 33 heavy (non-hydrogen) atoms. The zero-order valence-corrected chi connectivity index (χ0v) is 19.7. The number of hydrogen-bond acceptors (Lipinski definition) is 5. The summed E-state index contributed by atoms with van der Waals surface area (Å²) < 4.78 is 5.72. The summed E-state index contributed by atoms with van der Waals surface area (Å²) in [6, 6.07) is 9.06. The molecule has 3 atom stereocenters. The number of nitrogens with one attached hydrogen (secondary N) is 1. The zero-order chi connectivity index (χ0) is 23.8. The molecule has 2 saturated carbocycles. The van der Waals surface area contributed by atoms with E-state index in [0.29, 0.717) is 38.6 Å². The first kappa shape index (κ1) is 23.3. The summed E-state index contributed by atoms with van der Waals surface area (Å²) in [5, 5.41) is 12.3. The predicted molar refractivity (Wildman–Crippen MR) is 122 cm³/mol. The van der Waals surface area contributed by atoms with Crippen LogP contribution in [0.25, 0.3) is 0 Å². The molecule has 2 aliphatic carbocycles. The molecular formula is C26H33N3O4. The molecule has 2 fully saturated rings. The Kier molecular flexibility index (Phi) is 6.22. The summed E-state index contributed by atoms with van der Waals surface area (Å²) in [6.45, 7) is 5.86. The highest BCUT2D eigenvalue weighted by Crippen LogP contribution is 2.39. The lowest BCUT2D eigenvalue weighted by atomic mass is 9.77. The van der Waals surface area contributed by atoms with Crippen LogP contribution in [0.4, 0.5) is 0 Å². The lowest BCUT2D eigenvalue weighted by molar-refractivity contribution is -0.167. The van der Waals surface area contributed by atoms with Crippen molar-refractivity contribution in [2.24, 2.45) is 11.8 Å². The number of fused-ring (bicyclic) bond motifs is 1. The van der Waals surface area contributed by atoms with Crippen molar-refractivity contribution in [3.63, 3.8) is 0 Å². The fourth-order valence-corrected chi connectivity index (χ4v) is 5.09. The van der Waals surface area contributed by atoms with Crippen LogP contribution < -0.4 is 5.32 Å². The SMILES string of the molecule is CC(C)(C)OC(=O)C1c2ccccc2CCN1C(=O)[C@@H]1CCCC[C@H]1C(=O)NC1(C#N)CC1. The third kappa shape index (κ3) is 4.90. The van der Waals surface area contributed by atoms with Crippen molar-refractivity contribution in [3.8, 4) is 6.07 Å². The Balaban J connectivity index is 1.61. The topological polar surface area (TPSA) is 99.5 Å². The van der Waals surface area contributed by atoms with Gasteiger partial charge in [0.2, 0.25) is 11.8 Å². The Morgan fingerprint density at radius 1 is 1.12 bits per heavy atom. The molecule has 1 unspecified atom stereocenters. The van der Waals surface area contributed by atoms with Crippen molar-refractivity contribution in [2.45, 2.75) is 82.9 Å². The van der Waals surface area contributed by atoms with Crippen LogP contribution in [0, 0.1) is 23.2 Å². The molecular weight excluding hydrogens is 418 g/mol. The first-order chi connectivity index (χ1) is 15.6. The maximum atomic E-state index is 13.9. The number of carbonyl (C=O) groups excluding carboxylic acids is 3. The zero-order valence-electron chi connectivity index (χ0n) is 19.7. The van der Waals surface area contributed by atoms with Gasteiger partial charge in [-0.3, -0.25) is 9.59 Å². The van der Waals surface area contributed by atoms with Crippen LogP contribution in [-0.2, 0) is 25.5 Å². The lowest BCUT2D eigenvalue weighted by Crippen LogP contribution is -2.51. The minimum Gasteiger partial charge on any atom is -0.458 e. The Morgan fingerprint density at radius 2 is 1.79 bits per heavy atom. The molecule has 1 N–H and O–H groups in total. The largest absolute Gasteiger partial charge is 0.458 e. The average molecular weight is 452 g/mol. The maximum Gasteiger partial charge on any atom is 0.334 e. The van der Waals surface area contributed by atoms with Gasteiger partial charge in [-0.15, -0.1) is 0 Å². The molecule has 0 bridgehead atoms. The van der Waals surface area contributed by atoms with Gasteiger partial charge in [0, 0.05) is 18.4 Å². The molecule has 0 saturated heterocycles. The quantitative estimate of drug-likeness (QED) is 0.707. The van der Waals surface area contributed by atoms with E-state index in [4.69, 9.17) is 4.74 Å². The third-order valence-corrected chi connectivity index (χ3v) is 6.94. The van der Waals surface area contributed by atoms with Crippen LogP contribution in [0.15, 0.2) is 24.3 Å². The van der Waals surface area contributed by atoms with Crippen LogP contribution in [0.3, 0.4) is 0 Å². The standard InChI is InChI=1S/C26H33N3O4/c1-25(2,3)33-24(32)21-18-9-5-4-8-17(18)12-15-29(21)23(31)20-11-7-6-10-19(20)22(30)28-26(16-27)13-14-26/h4-5,8-9,19-21H,6-7,10-15H2,1-3H3,(H,28,30)/t19-,20-,21?/m1/s1. The van der Waals surface area contributed by atoms with E-state index in [2.05, 4.69) is 11.4 Å². The molecule has 7 nitrogen and oxygen atoms in total. The van der Waals surface area contributed by atoms with Gasteiger partial charge in [-0.2, -0.15) is 5.26 Å². The van der Waals surface area contributed by atoms with Gasteiger partial charge in [0.25, 0.3) is 0 Å². The molecule has 1 aromatic carbocycles. The molecule has 0 aromatic heterocycles. The number of benzene rings is 1. The Bertz CT molecular complexity index is 986. The van der Waals surface area contributed by atoms with E-state index in [1.165, 1.54) is 0 Å². The van der Waals surface area contributed by atoms with Crippen LogP contribution >= 0.6 is 0 Å². The summed E-state index contributed by atoms with van der Waals surface area (Å²) in [7, 11) is 0. The Morgan fingerprint density at radius 3 is 2.42 bits per heavy atom. The van der Waals surface area contributed by atoms with Gasteiger partial charge in [0.15, 0.2) is 6.04 Å². The smallest absolute Gasteiger partial charge is 0.334 e. The van der Waals surface area contributed by atoms with Gasteiger partial charge in [-0.05, 0) is 64.0 Å². The maximum absolute atomic E-state index is 13.9. The number of carbonyl (C=O) groups is 3.